The zero-order valence-electron chi connectivity index (χ0n) is 18.8. The van der Waals surface area contributed by atoms with Crippen molar-refractivity contribution in [2.45, 2.75) is 44.8 Å². The largest absolute Gasteiger partial charge is 0.506 e. The molecule has 0 atom stereocenters. The van der Waals surface area contributed by atoms with Crippen LogP contribution in [0.15, 0.2) is 55.6 Å². The highest BCUT2D eigenvalue weighted by atomic mass is 79.9. The van der Waals surface area contributed by atoms with Gasteiger partial charge in [-0.15, -0.1) is 10.2 Å². The second kappa shape index (κ2) is 10.8. The van der Waals surface area contributed by atoms with Crippen LogP contribution in [0, 0.1) is 0 Å². The molecule has 2 aromatic carbocycles. The monoisotopic (exact) mass is 593 g/mol. The molecular formula is C23H25Br2N5O2S. The van der Waals surface area contributed by atoms with Crippen molar-refractivity contribution in [2.24, 2.45) is 5.10 Å². The molecule has 10 heteroatoms. The van der Waals surface area contributed by atoms with Crippen molar-refractivity contribution in [1.82, 2.24) is 20.2 Å². The van der Waals surface area contributed by atoms with Gasteiger partial charge in [0.2, 0.25) is 0 Å². The third-order valence-corrected chi connectivity index (χ3v) is 6.85. The number of aromatic hydroxyl groups is 1. The van der Waals surface area contributed by atoms with Crippen molar-refractivity contribution in [3.8, 4) is 17.1 Å². The highest BCUT2D eigenvalue weighted by Gasteiger charge is 2.17. The van der Waals surface area contributed by atoms with Gasteiger partial charge in [-0.2, -0.15) is 5.10 Å². The van der Waals surface area contributed by atoms with Crippen LogP contribution in [0.4, 0.5) is 0 Å². The topological polar surface area (TPSA) is 92.4 Å². The van der Waals surface area contributed by atoms with E-state index in [-0.39, 0.29) is 22.8 Å². The summed E-state index contributed by atoms with van der Waals surface area (Å²) in [5, 5.41) is 23.3. The number of phenols is 1. The minimum atomic E-state index is -0.286. The average Bonchev–Trinajstić information content (AvgIpc) is 3.18. The Labute approximate surface area is 214 Å². The van der Waals surface area contributed by atoms with Gasteiger partial charge in [0.15, 0.2) is 11.0 Å². The first kappa shape index (κ1) is 25.5. The quantitative estimate of drug-likeness (QED) is 0.207. The molecule has 0 unspecified atom stereocenters. The molecule has 2 N–H and O–H groups in total. The molecule has 7 nitrogen and oxygen atoms in total. The van der Waals surface area contributed by atoms with Crippen LogP contribution in [-0.4, -0.2) is 37.7 Å². The molecule has 0 spiro atoms. The van der Waals surface area contributed by atoms with E-state index in [1.165, 1.54) is 23.5 Å². The van der Waals surface area contributed by atoms with E-state index in [4.69, 9.17) is 0 Å². The average molecular weight is 595 g/mol. The Bertz CT molecular complexity index is 1170. The molecule has 0 aliphatic rings. The summed E-state index contributed by atoms with van der Waals surface area (Å²) >= 11 is 7.92. The van der Waals surface area contributed by atoms with Crippen molar-refractivity contribution >= 4 is 55.7 Å². The highest BCUT2D eigenvalue weighted by molar-refractivity contribution is 9.11. The van der Waals surface area contributed by atoms with E-state index in [9.17, 15) is 9.90 Å². The number of nitrogens with one attached hydrogen (secondary N) is 1. The second-order valence-electron chi connectivity index (χ2n) is 8.29. The van der Waals surface area contributed by atoms with E-state index in [0.29, 0.717) is 21.7 Å². The van der Waals surface area contributed by atoms with Gasteiger partial charge in [-0.1, -0.05) is 72.7 Å². The fraction of sp³-hybridized carbons (Fsp3) is 0.304. The molecule has 3 aromatic rings. The molecule has 0 aliphatic heterocycles. The number of carbonyl (C=O) groups excluding carboxylic acids is 1. The Balaban J connectivity index is 1.64. The van der Waals surface area contributed by atoms with E-state index < -0.39 is 0 Å². The lowest BCUT2D eigenvalue weighted by molar-refractivity contribution is -0.118. The zero-order valence-corrected chi connectivity index (χ0v) is 22.8. The van der Waals surface area contributed by atoms with E-state index in [0.717, 1.165) is 15.9 Å². The Morgan fingerprint density at radius 2 is 1.91 bits per heavy atom. The molecule has 0 fully saturated rings. The number of carbonyl (C=O) groups is 1. The number of benzene rings is 2. The molecule has 1 amide bonds. The number of aromatic nitrogens is 3. The summed E-state index contributed by atoms with van der Waals surface area (Å²) in [5.74, 6) is 0.665. The van der Waals surface area contributed by atoms with Crippen molar-refractivity contribution < 1.29 is 9.90 Å². The number of nitrogens with zero attached hydrogens (tertiary/aromatic N) is 4. The SMILES string of the molecule is CCn1c(SCC(=O)NN=Cc2cc(Br)cc(Br)c2O)nnc1-c1ccc(C(C)(C)C)cc1. The summed E-state index contributed by atoms with van der Waals surface area (Å²) in [6.07, 6.45) is 1.39. The van der Waals surface area contributed by atoms with Gasteiger partial charge in [-0.25, -0.2) is 5.43 Å². The Hall–Kier alpha value is -2.17. The van der Waals surface area contributed by atoms with Crippen LogP contribution in [0.25, 0.3) is 11.4 Å². The minimum absolute atomic E-state index is 0.0460. The number of thioether (sulfide) groups is 1. The highest BCUT2D eigenvalue weighted by Crippen LogP contribution is 2.31. The summed E-state index contributed by atoms with van der Waals surface area (Å²) < 4.78 is 3.30. The number of halogens is 2. The van der Waals surface area contributed by atoms with Crippen LogP contribution in [0.3, 0.4) is 0 Å². The summed E-state index contributed by atoms with van der Waals surface area (Å²) in [7, 11) is 0. The first-order valence-electron chi connectivity index (χ1n) is 10.3. The number of hydrazone groups is 1. The van der Waals surface area contributed by atoms with E-state index in [2.05, 4.69) is 97.6 Å². The second-order valence-corrected chi connectivity index (χ2v) is 11.0. The van der Waals surface area contributed by atoms with E-state index in [1.807, 2.05) is 11.5 Å². The van der Waals surface area contributed by atoms with E-state index in [1.54, 1.807) is 12.1 Å². The van der Waals surface area contributed by atoms with Crippen LogP contribution in [0.1, 0.15) is 38.8 Å². The van der Waals surface area contributed by atoms with Gasteiger partial charge in [0.05, 0.1) is 16.4 Å². The smallest absolute Gasteiger partial charge is 0.250 e. The van der Waals surface area contributed by atoms with Crippen LogP contribution in [0.2, 0.25) is 0 Å². The van der Waals surface area contributed by atoms with Crippen molar-refractivity contribution in [2.75, 3.05) is 5.75 Å². The van der Waals surface area contributed by atoms with Gasteiger partial charge < -0.3 is 9.67 Å². The lowest BCUT2D eigenvalue weighted by atomic mass is 9.87. The van der Waals surface area contributed by atoms with Crippen molar-refractivity contribution in [3.05, 3.63) is 56.5 Å². The molecule has 0 bridgehead atoms. The van der Waals surface area contributed by atoms with Gasteiger partial charge in [0.1, 0.15) is 5.75 Å². The van der Waals surface area contributed by atoms with E-state index >= 15 is 0 Å². The zero-order chi connectivity index (χ0) is 24.2. The first-order valence-corrected chi connectivity index (χ1v) is 12.8. The summed E-state index contributed by atoms with van der Waals surface area (Å²) in [4.78, 5) is 12.2. The maximum absolute atomic E-state index is 12.2. The van der Waals surface area contributed by atoms with Gasteiger partial charge in [-0.3, -0.25) is 4.79 Å². The number of phenolic OH excluding ortho intramolecular Hbond substituents is 1. The Morgan fingerprint density at radius 3 is 2.55 bits per heavy atom. The predicted octanol–water partition coefficient (Wildman–Crippen LogP) is 5.74. The predicted molar refractivity (Wildman–Crippen MR) is 140 cm³/mol. The summed E-state index contributed by atoms with van der Waals surface area (Å²) in [6, 6.07) is 11.8. The number of hydrogen-bond acceptors (Lipinski definition) is 6. The molecule has 0 radical (unpaired) electrons. The van der Waals surface area contributed by atoms with Crippen LogP contribution in [0.5, 0.6) is 5.75 Å². The fourth-order valence-corrected chi connectivity index (χ4v) is 5.09. The molecular weight excluding hydrogens is 570 g/mol. The van der Waals surface area contributed by atoms with Gasteiger partial charge in [-0.05, 0) is 46.0 Å². The van der Waals surface area contributed by atoms with Gasteiger partial charge in [0, 0.05) is 22.1 Å². The molecule has 0 saturated carbocycles. The first-order chi connectivity index (χ1) is 15.6. The molecule has 174 valence electrons. The maximum Gasteiger partial charge on any atom is 0.250 e. The molecule has 1 aromatic heterocycles. The van der Waals surface area contributed by atoms with Crippen LogP contribution < -0.4 is 5.43 Å². The third kappa shape index (κ3) is 6.45. The molecule has 0 saturated heterocycles. The lowest BCUT2D eigenvalue weighted by Gasteiger charge is -2.19. The molecule has 33 heavy (non-hydrogen) atoms. The van der Waals surface area contributed by atoms with Crippen LogP contribution in [-0.2, 0) is 16.8 Å². The number of rotatable bonds is 7. The standard InChI is InChI=1S/C23H25Br2N5O2S/c1-5-30-21(14-6-8-16(9-7-14)23(2,3)4)28-29-22(30)33-13-19(31)27-26-12-15-10-17(24)11-18(25)20(15)32/h6-12,32H,5,13H2,1-4H3,(H,27,31). The normalized spacial score (nSPS) is 11.8. The molecule has 3 rings (SSSR count). The van der Waals surface area contributed by atoms with Crippen molar-refractivity contribution in [1.29, 1.82) is 0 Å². The third-order valence-electron chi connectivity index (χ3n) is 4.83. The Kier molecular flexibility index (Phi) is 8.36. The lowest BCUT2D eigenvalue weighted by Crippen LogP contribution is -2.20. The molecule has 1 heterocycles. The molecule has 0 aliphatic carbocycles. The maximum atomic E-state index is 12.2. The summed E-state index contributed by atoms with van der Waals surface area (Å²) in [5.41, 5.74) is 5.27. The minimum Gasteiger partial charge on any atom is -0.506 e. The van der Waals surface area contributed by atoms with Crippen molar-refractivity contribution in [3.63, 3.8) is 0 Å². The fourth-order valence-electron chi connectivity index (χ4n) is 3.03. The number of amides is 1. The number of hydrogen-bond donors (Lipinski definition) is 2. The summed E-state index contributed by atoms with van der Waals surface area (Å²) in [6.45, 7) is 9.25. The Morgan fingerprint density at radius 1 is 1.21 bits per heavy atom. The van der Waals surface area contributed by atoms with Crippen LogP contribution >= 0.6 is 43.6 Å². The van der Waals surface area contributed by atoms with Gasteiger partial charge in [0.25, 0.3) is 5.91 Å². The van der Waals surface area contributed by atoms with Gasteiger partial charge >= 0.3 is 0 Å².